The third-order valence-electron chi connectivity index (χ3n) is 4.03. The van der Waals surface area contributed by atoms with Crippen molar-refractivity contribution in [3.8, 4) is 11.5 Å². The zero-order valence-electron chi connectivity index (χ0n) is 15.8. The number of carbonyl (C=O) groups is 1. The SMILES string of the molecule is C/C(=N/OCc1c(Cl)cccc1NC(=O)N(C)N=N)c1ccc2c(c1)OC(F)(F)O2. The van der Waals surface area contributed by atoms with Gasteiger partial charge in [-0.2, -0.15) is 10.5 Å². The van der Waals surface area contributed by atoms with Gasteiger partial charge in [-0.1, -0.05) is 28.0 Å². The van der Waals surface area contributed by atoms with Crippen molar-refractivity contribution in [3.05, 3.63) is 52.5 Å². The van der Waals surface area contributed by atoms with Gasteiger partial charge in [0.25, 0.3) is 0 Å². The van der Waals surface area contributed by atoms with Gasteiger partial charge < -0.3 is 19.6 Å². The molecule has 0 aromatic heterocycles. The van der Waals surface area contributed by atoms with E-state index in [-0.39, 0.29) is 18.1 Å². The van der Waals surface area contributed by atoms with Crippen LogP contribution in [0.1, 0.15) is 18.1 Å². The summed E-state index contributed by atoms with van der Waals surface area (Å²) in [5.74, 6) is -0.176. The lowest BCUT2D eigenvalue weighted by molar-refractivity contribution is -0.286. The molecule has 0 unspecified atom stereocenters. The second-order valence-electron chi connectivity index (χ2n) is 6.10. The number of anilines is 1. The number of rotatable bonds is 6. The van der Waals surface area contributed by atoms with Crippen molar-refractivity contribution in [2.75, 3.05) is 12.4 Å². The molecule has 1 aliphatic rings. The highest BCUT2D eigenvalue weighted by Gasteiger charge is 2.43. The number of nitrogens with one attached hydrogen (secondary N) is 2. The first-order chi connectivity index (χ1) is 14.2. The maximum atomic E-state index is 13.1. The average molecular weight is 440 g/mol. The van der Waals surface area contributed by atoms with Crippen molar-refractivity contribution in [2.45, 2.75) is 19.8 Å². The molecule has 0 fully saturated rings. The molecular weight excluding hydrogens is 424 g/mol. The van der Waals surface area contributed by atoms with Crippen LogP contribution in [0.4, 0.5) is 19.3 Å². The smallest absolute Gasteiger partial charge is 0.395 e. The lowest BCUT2D eigenvalue weighted by Gasteiger charge is -2.14. The summed E-state index contributed by atoms with van der Waals surface area (Å²) in [6, 6.07) is 8.46. The Morgan fingerprint density at radius 1 is 1.30 bits per heavy atom. The lowest BCUT2D eigenvalue weighted by atomic mass is 10.1. The summed E-state index contributed by atoms with van der Waals surface area (Å²) in [5.41, 5.74) is 8.56. The van der Waals surface area contributed by atoms with Gasteiger partial charge >= 0.3 is 12.3 Å². The van der Waals surface area contributed by atoms with Gasteiger partial charge in [0.2, 0.25) is 0 Å². The predicted molar refractivity (Wildman–Crippen MR) is 103 cm³/mol. The van der Waals surface area contributed by atoms with Crippen molar-refractivity contribution in [3.63, 3.8) is 0 Å². The van der Waals surface area contributed by atoms with Crippen molar-refractivity contribution in [1.82, 2.24) is 5.01 Å². The van der Waals surface area contributed by atoms with Crippen LogP contribution in [0.25, 0.3) is 0 Å². The molecule has 0 saturated carbocycles. The van der Waals surface area contributed by atoms with E-state index in [0.29, 0.717) is 27.5 Å². The normalized spacial score (nSPS) is 14.2. The van der Waals surface area contributed by atoms with Crippen LogP contribution in [-0.4, -0.2) is 30.1 Å². The molecule has 0 saturated heterocycles. The van der Waals surface area contributed by atoms with Gasteiger partial charge in [0, 0.05) is 23.2 Å². The Morgan fingerprint density at radius 3 is 2.77 bits per heavy atom. The van der Waals surface area contributed by atoms with Crippen LogP contribution in [0.3, 0.4) is 0 Å². The van der Waals surface area contributed by atoms with E-state index in [1.807, 2.05) is 0 Å². The van der Waals surface area contributed by atoms with E-state index >= 15 is 0 Å². The van der Waals surface area contributed by atoms with Gasteiger partial charge in [0.05, 0.1) is 11.4 Å². The molecule has 0 aliphatic carbocycles. The maximum absolute atomic E-state index is 13.1. The fourth-order valence-electron chi connectivity index (χ4n) is 2.48. The molecule has 12 heteroatoms. The first-order valence-electron chi connectivity index (χ1n) is 8.46. The van der Waals surface area contributed by atoms with E-state index in [1.165, 1.54) is 25.2 Å². The Hall–Kier alpha value is -3.47. The highest BCUT2D eigenvalue weighted by Crippen LogP contribution is 2.41. The van der Waals surface area contributed by atoms with E-state index in [0.717, 1.165) is 5.01 Å². The number of oxime groups is 1. The minimum absolute atomic E-state index is 0.0710. The number of urea groups is 1. The first-order valence-corrected chi connectivity index (χ1v) is 8.84. The molecule has 0 spiro atoms. The summed E-state index contributed by atoms with van der Waals surface area (Å²) in [6.07, 6.45) is -3.70. The molecule has 30 heavy (non-hydrogen) atoms. The largest absolute Gasteiger partial charge is 0.586 e. The van der Waals surface area contributed by atoms with Gasteiger partial charge in [-0.15, -0.1) is 8.78 Å². The number of benzene rings is 2. The van der Waals surface area contributed by atoms with E-state index in [2.05, 4.69) is 25.2 Å². The van der Waals surface area contributed by atoms with E-state index in [1.54, 1.807) is 25.1 Å². The van der Waals surface area contributed by atoms with Crippen molar-refractivity contribution in [1.29, 1.82) is 5.53 Å². The molecule has 9 nitrogen and oxygen atoms in total. The topological polar surface area (TPSA) is 109 Å². The van der Waals surface area contributed by atoms with Gasteiger partial charge in [0.15, 0.2) is 11.5 Å². The molecule has 0 atom stereocenters. The first kappa shape index (κ1) is 21.2. The number of hydrogen-bond acceptors (Lipinski definition) is 7. The number of hydrogen-bond donors (Lipinski definition) is 2. The molecular formula is C18H16ClF2N5O4. The fourth-order valence-corrected chi connectivity index (χ4v) is 2.71. The molecule has 2 aromatic carbocycles. The molecule has 0 bridgehead atoms. The summed E-state index contributed by atoms with van der Waals surface area (Å²) in [7, 11) is 1.32. The molecule has 2 aromatic rings. The number of ether oxygens (including phenoxy) is 2. The number of nitrogens with zero attached hydrogens (tertiary/aromatic N) is 3. The second kappa shape index (κ2) is 8.49. The summed E-state index contributed by atoms with van der Waals surface area (Å²) in [6.45, 7) is 1.53. The zero-order chi connectivity index (χ0) is 21.9. The number of halogens is 3. The van der Waals surface area contributed by atoms with Gasteiger partial charge in [-0.05, 0) is 37.3 Å². The van der Waals surface area contributed by atoms with Crippen LogP contribution in [0.15, 0.2) is 46.8 Å². The Kier molecular flexibility index (Phi) is 6.01. The number of alkyl halides is 2. The molecule has 158 valence electrons. The minimum atomic E-state index is -3.70. The van der Waals surface area contributed by atoms with Crippen molar-refractivity contribution in [2.24, 2.45) is 10.4 Å². The molecule has 0 radical (unpaired) electrons. The van der Waals surface area contributed by atoms with Gasteiger partial charge in [-0.3, -0.25) is 0 Å². The summed E-state index contributed by atoms with van der Waals surface area (Å²) in [5, 5.41) is 10.7. The summed E-state index contributed by atoms with van der Waals surface area (Å²) < 4.78 is 35.1. The number of carbonyl (C=O) groups excluding carboxylic acids is 1. The van der Waals surface area contributed by atoms with Crippen LogP contribution < -0.4 is 14.8 Å². The van der Waals surface area contributed by atoms with E-state index in [4.69, 9.17) is 22.0 Å². The van der Waals surface area contributed by atoms with Gasteiger partial charge in [0.1, 0.15) is 6.61 Å². The van der Waals surface area contributed by atoms with E-state index < -0.39 is 12.3 Å². The van der Waals surface area contributed by atoms with Crippen molar-refractivity contribution >= 4 is 29.0 Å². The Morgan fingerprint density at radius 2 is 2.03 bits per heavy atom. The molecule has 2 amide bonds. The highest BCUT2D eigenvalue weighted by molar-refractivity contribution is 6.31. The second-order valence-corrected chi connectivity index (χ2v) is 6.51. The average Bonchev–Trinajstić information content (AvgIpc) is 3.01. The predicted octanol–water partition coefficient (Wildman–Crippen LogP) is 5.01. The quantitative estimate of drug-likeness (QED) is 0.374. The monoisotopic (exact) mass is 439 g/mol. The standard InChI is InChI=1S/C18H16ClF2N5O4/c1-10(11-6-7-15-16(8-11)30-18(20,21)29-15)24-28-9-12-13(19)4-3-5-14(12)23-17(27)26(2)25-22/h3-8,22H,9H2,1-2H3,(H,23,27)/b24-10-,25-22?. The van der Waals surface area contributed by atoms with Gasteiger partial charge in [-0.25, -0.2) is 4.79 Å². The third kappa shape index (κ3) is 4.74. The van der Waals surface area contributed by atoms with Crippen LogP contribution in [0.2, 0.25) is 5.02 Å². The number of fused-ring (bicyclic) bond motifs is 1. The summed E-state index contributed by atoms with van der Waals surface area (Å²) >= 11 is 6.19. The lowest BCUT2D eigenvalue weighted by Crippen LogP contribution is -2.26. The van der Waals surface area contributed by atoms with Crippen LogP contribution >= 0.6 is 11.6 Å². The Labute approximate surface area is 174 Å². The Bertz CT molecular complexity index is 1020. The van der Waals surface area contributed by atoms with Crippen LogP contribution in [0, 0.1) is 5.53 Å². The van der Waals surface area contributed by atoms with Crippen LogP contribution in [0.5, 0.6) is 11.5 Å². The molecule has 2 N–H and O–H groups in total. The summed E-state index contributed by atoms with van der Waals surface area (Å²) in [4.78, 5) is 17.3. The molecule has 1 aliphatic heterocycles. The maximum Gasteiger partial charge on any atom is 0.586 e. The van der Waals surface area contributed by atoms with Crippen LogP contribution in [-0.2, 0) is 11.4 Å². The number of amides is 2. The van der Waals surface area contributed by atoms with Crippen molar-refractivity contribution < 1.29 is 27.9 Å². The molecule has 1 heterocycles. The van der Waals surface area contributed by atoms with E-state index in [9.17, 15) is 13.6 Å². The minimum Gasteiger partial charge on any atom is -0.395 e. The third-order valence-corrected chi connectivity index (χ3v) is 4.39. The zero-order valence-corrected chi connectivity index (χ0v) is 16.5. The fraction of sp³-hybridized carbons (Fsp3) is 0.222. The Balaban J connectivity index is 1.71. The highest BCUT2D eigenvalue weighted by atomic mass is 35.5. The molecule has 3 rings (SSSR count).